The zero-order chi connectivity index (χ0) is 15.2. The summed E-state index contributed by atoms with van der Waals surface area (Å²) in [7, 11) is 0. The molecule has 2 heteroatoms. The highest BCUT2D eigenvalue weighted by Gasteiger charge is 2.21. The van der Waals surface area contributed by atoms with E-state index in [-0.39, 0.29) is 0 Å². The molecule has 2 unspecified atom stereocenters. The van der Waals surface area contributed by atoms with Crippen LogP contribution in [0, 0.1) is 11.3 Å². The summed E-state index contributed by atoms with van der Waals surface area (Å²) in [4.78, 5) is 0. The first-order valence-electron chi connectivity index (χ1n) is 8.17. The van der Waals surface area contributed by atoms with E-state index in [1.807, 2.05) is 0 Å². The van der Waals surface area contributed by atoms with Gasteiger partial charge in [-0.25, -0.2) is 0 Å². The number of hydrogen-bond acceptors (Lipinski definition) is 2. The van der Waals surface area contributed by atoms with Crippen LogP contribution in [0.1, 0.15) is 78.4 Å². The molecule has 0 saturated carbocycles. The molecule has 0 fully saturated rings. The highest BCUT2D eigenvalue weighted by molar-refractivity contribution is 5.11. The van der Waals surface area contributed by atoms with Gasteiger partial charge in [-0.15, -0.1) is 0 Å². The average molecular weight is 279 g/mol. The fourth-order valence-electron chi connectivity index (χ4n) is 2.92. The van der Waals surface area contributed by atoms with Gasteiger partial charge in [-0.05, 0) is 49.3 Å². The molecule has 0 radical (unpaired) electrons. The molecule has 116 valence electrons. The highest BCUT2D eigenvalue weighted by Crippen LogP contribution is 2.31. The van der Waals surface area contributed by atoms with E-state index in [1.54, 1.807) is 0 Å². The Morgan fingerprint density at radius 1 is 1.20 bits per heavy atom. The molecule has 0 spiro atoms. The van der Waals surface area contributed by atoms with Crippen LogP contribution in [0.5, 0.6) is 0 Å². The average Bonchev–Trinajstić information content (AvgIpc) is 2.80. The van der Waals surface area contributed by atoms with Crippen molar-refractivity contribution >= 4 is 0 Å². The van der Waals surface area contributed by atoms with Crippen LogP contribution in [0.2, 0.25) is 0 Å². The molecule has 2 atom stereocenters. The third-order valence-electron chi connectivity index (χ3n) is 3.61. The van der Waals surface area contributed by atoms with E-state index in [0.29, 0.717) is 17.4 Å². The summed E-state index contributed by atoms with van der Waals surface area (Å²) >= 11 is 0. The van der Waals surface area contributed by atoms with Crippen molar-refractivity contribution in [2.24, 2.45) is 11.3 Å². The second-order valence-electron chi connectivity index (χ2n) is 7.27. The lowest BCUT2D eigenvalue weighted by molar-refractivity contribution is 0.262. The van der Waals surface area contributed by atoms with Crippen molar-refractivity contribution in [1.29, 1.82) is 0 Å². The third kappa shape index (κ3) is 6.13. The largest absolute Gasteiger partial charge is 0.464 e. The number of nitrogens with one attached hydrogen (secondary N) is 1. The lowest BCUT2D eigenvalue weighted by atomic mass is 9.82. The molecular weight excluding hydrogens is 246 g/mol. The maximum atomic E-state index is 5.96. The first-order valence-corrected chi connectivity index (χ1v) is 8.17. The van der Waals surface area contributed by atoms with Gasteiger partial charge in [0.25, 0.3) is 0 Å². The molecule has 0 aliphatic heterocycles. The molecule has 1 N–H and O–H groups in total. The predicted octanol–water partition coefficient (Wildman–Crippen LogP) is 5.35. The van der Waals surface area contributed by atoms with Crippen LogP contribution >= 0.6 is 0 Å². The minimum Gasteiger partial charge on any atom is -0.464 e. The van der Waals surface area contributed by atoms with Gasteiger partial charge in [0, 0.05) is 6.42 Å². The molecule has 0 aromatic carbocycles. The van der Waals surface area contributed by atoms with Gasteiger partial charge in [-0.2, -0.15) is 0 Å². The van der Waals surface area contributed by atoms with Gasteiger partial charge in [-0.3, -0.25) is 0 Å². The second-order valence-corrected chi connectivity index (χ2v) is 7.27. The summed E-state index contributed by atoms with van der Waals surface area (Å²) in [5, 5.41) is 3.65. The molecular formula is C18H33NO. The summed E-state index contributed by atoms with van der Waals surface area (Å²) in [5.41, 5.74) is 0.395. The van der Waals surface area contributed by atoms with Gasteiger partial charge in [0.2, 0.25) is 0 Å². The van der Waals surface area contributed by atoms with Gasteiger partial charge in [0.1, 0.15) is 11.5 Å². The lowest BCUT2D eigenvalue weighted by Gasteiger charge is -2.26. The van der Waals surface area contributed by atoms with Crippen molar-refractivity contribution in [3.05, 3.63) is 23.7 Å². The van der Waals surface area contributed by atoms with Crippen molar-refractivity contribution in [3.63, 3.8) is 0 Å². The molecule has 20 heavy (non-hydrogen) atoms. The van der Waals surface area contributed by atoms with Crippen molar-refractivity contribution in [2.75, 3.05) is 6.54 Å². The SMILES string of the molecule is CCCNC(CC(C)CC(C)(C)C)c1ccc(CC)o1. The fourth-order valence-corrected chi connectivity index (χ4v) is 2.92. The van der Waals surface area contributed by atoms with Crippen LogP contribution in [0.3, 0.4) is 0 Å². The molecule has 0 aliphatic rings. The number of rotatable bonds is 8. The number of hydrogen-bond donors (Lipinski definition) is 1. The van der Waals surface area contributed by atoms with Gasteiger partial charge >= 0.3 is 0 Å². The Balaban J connectivity index is 2.68. The third-order valence-corrected chi connectivity index (χ3v) is 3.61. The Kier molecular flexibility index (Phi) is 6.81. The summed E-state index contributed by atoms with van der Waals surface area (Å²) < 4.78 is 5.96. The van der Waals surface area contributed by atoms with Gasteiger partial charge in [-0.1, -0.05) is 41.5 Å². The maximum absolute atomic E-state index is 5.96. The van der Waals surface area contributed by atoms with Crippen molar-refractivity contribution < 1.29 is 4.42 Å². The fraction of sp³-hybridized carbons (Fsp3) is 0.778. The van der Waals surface area contributed by atoms with Crippen LogP contribution in [0.15, 0.2) is 16.5 Å². The molecule has 2 nitrogen and oxygen atoms in total. The minimum absolute atomic E-state index is 0.354. The minimum atomic E-state index is 0.354. The Labute approximate surface area is 125 Å². The van der Waals surface area contributed by atoms with Crippen LogP contribution in [0.25, 0.3) is 0 Å². The van der Waals surface area contributed by atoms with E-state index in [4.69, 9.17) is 4.42 Å². The smallest absolute Gasteiger partial charge is 0.121 e. The topological polar surface area (TPSA) is 25.2 Å². The second kappa shape index (κ2) is 7.87. The van der Waals surface area contributed by atoms with Crippen LogP contribution < -0.4 is 5.32 Å². The Bertz CT molecular complexity index is 375. The van der Waals surface area contributed by atoms with E-state index in [9.17, 15) is 0 Å². The molecule has 0 bridgehead atoms. The van der Waals surface area contributed by atoms with E-state index in [2.05, 4.69) is 59.0 Å². The lowest BCUT2D eigenvalue weighted by Crippen LogP contribution is -2.25. The van der Waals surface area contributed by atoms with E-state index < -0.39 is 0 Å². The Hall–Kier alpha value is -0.760. The summed E-state index contributed by atoms with van der Waals surface area (Å²) in [6.45, 7) is 14.7. The number of aryl methyl sites for hydroxylation is 1. The normalized spacial score (nSPS) is 15.3. The Morgan fingerprint density at radius 2 is 1.90 bits per heavy atom. The van der Waals surface area contributed by atoms with Crippen LogP contribution in [-0.2, 0) is 6.42 Å². The molecule has 0 aliphatic carbocycles. The molecule has 1 heterocycles. The zero-order valence-corrected chi connectivity index (χ0v) is 14.3. The predicted molar refractivity (Wildman–Crippen MR) is 87.0 cm³/mol. The first kappa shape index (κ1) is 17.3. The van der Waals surface area contributed by atoms with Crippen molar-refractivity contribution in [3.8, 4) is 0 Å². The van der Waals surface area contributed by atoms with Crippen molar-refractivity contribution in [2.45, 2.75) is 73.3 Å². The summed E-state index contributed by atoms with van der Waals surface area (Å²) in [6, 6.07) is 4.62. The summed E-state index contributed by atoms with van der Waals surface area (Å²) in [6.07, 6.45) is 4.52. The van der Waals surface area contributed by atoms with Crippen molar-refractivity contribution in [1.82, 2.24) is 5.32 Å². The monoisotopic (exact) mass is 279 g/mol. The molecule has 0 saturated heterocycles. The van der Waals surface area contributed by atoms with Gasteiger partial charge in [0.05, 0.1) is 6.04 Å². The Morgan fingerprint density at radius 3 is 2.40 bits per heavy atom. The molecule has 1 aromatic rings. The highest BCUT2D eigenvalue weighted by atomic mass is 16.3. The van der Waals surface area contributed by atoms with E-state index in [1.165, 1.54) is 6.42 Å². The quantitative estimate of drug-likeness (QED) is 0.694. The standard InChI is InChI=1S/C18H33NO/c1-7-11-19-16(12-14(3)13-18(4,5)6)17-10-9-15(8-2)20-17/h9-10,14,16,19H,7-8,11-13H2,1-6H3. The molecule has 1 rings (SSSR count). The first-order chi connectivity index (χ1) is 9.35. The van der Waals surface area contributed by atoms with E-state index in [0.717, 1.165) is 37.3 Å². The van der Waals surface area contributed by atoms with Crippen LogP contribution in [-0.4, -0.2) is 6.54 Å². The van der Waals surface area contributed by atoms with E-state index >= 15 is 0 Å². The van der Waals surface area contributed by atoms with Gasteiger partial charge in [0.15, 0.2) is 0 Å². The number of furan rings is 1. The van der Waals surface area contributed by atoms with Crippen LogP contribution in [0.4, 0.5) is 0 Å². The maximum Gasteiger partial charge on any atom is 0.121 e. The zero-order valence-electron chi connectivity index (χ0n) is 14.3. The molecule has 0 amide bonds. The van der Waals surface area contributed by atoms with Gasteiger partial charge < -0.3 is 9.73 Å². The summed E-state index contributed by atoms with van der Waals surface area (Å²) in [5.74, 6) is 2.89. The molecule has 1 aromatic heterocycles.